The van der Waals surface area contributed by atoms with E-state index < -0.39 is 0 Å². The van der Waals surface area contributed by atoms with Crippen LogP contribution < -0.4 is 10.1 Å². The van der Waals surface area contributed by atoms with E-state index in [1.54, 1.807) is 18.6 Å². The average Bonchev–Trinajstić information content (AvgIpc) is 3.79. The van der Waals surface area contributed by atoms with E-state index >= 15 is 0 Å². The normalized spacial score (nSPS) is 15.4. The molecule has 3 N–H and O–H groups in total. The molecule has 11 nitrogen and oxygen atoms in total. The Kier molecular flexibility index (Phi) is 7.33. The number of hydrogen-bond donors (Lipinski definition) is 3. The van der Waals surface area contributed by atoms with Crippen molar-refractivity contribution in [2.75, 3.05) is 31.6 Å². The fourth-order valence-corrected chi connectivity index (χ4v) is 6.15. The van der Waals surface area contributed by atoms with Crippen molar-refractivity contribution in [2.45, 2.75) is 32.1 Å². The maximum atomic E-state index is 14.8. The lowest BCUT2D eigenvalue weighted by Gasteiger charge is -2.24. The van der Waals surface area contributed by atoms with Gasteiger partial charge < -0.3 is 15.0 Å². The maximum Gasteiger partial charge on any atom is 0.227 e. The highest BCUT2D eigenvalue weighted by molar-refractivity contribution is 5.96. The Morgan fingerprint density at radius 1 is 1.02 bits per heavy atom. The molecule has 1 aliphatic carbocycles. The Labute approximate surface area is 263 Å². The first-order chi connectivity index (χ1) is 22.6. The number of carbonyl (C=O) groups excluding carboxylic acids is 1. The highest BCUT2D eigenvalue weighted by Crippen LogP contribution is 2.33. The monoisotopic (exact) mass is 617 g/mol. The first kappa shape index (κ1) is 28.3. The lowest BCUT2D eigenvalue weighted by Crippen LogP contribution is -2.28. The summed E-state index contributed by atoms with van der Waals surface area (Å²) in [6.45, 7) is 3.49. The molecule has 1 aromatic carbocycles. The number of carbonyl (C=O) groups is 1. The molecule has 5 aromatic heterocycles. The minimum absolute atomic E-state index is 0.0307. The van der Waals surface area contributed by atoms with Gasteiger partial charge in [0.15, 0.2) is 17.2 Å². The van der Waals surface area contributed by atoms with Crippen LogP contribution in [0.3, 0.4) is 0 Å². The Balaban J connectivity index is 1.09. The van der Waals surface area contributed by atoms with E-state index in [0.717, 1.165) is 55.5 Å². The highest BCUT2D eigenvalue weighted by atomic mass is 19.1. The summed E-state index contributed by atoms with van der Waals surface area (Å²) in [5.41, 5.74) is 6.46. The molecule has 1 saturated carbocycles. The number of hydrogen-bond acceptors (Lipinski definition) is 8. The van der Waals surface area contributed by atoms with E-state index in [1.807, 2.05) is 30.3 Å². The predicted octanol–water partition coefficient (Wildman–Crippen LogP) is 5.98. The summed E-state index contributed by atoms with van der Waals surface area (Å²) in [7, 11) is 0. The SMILES string of the molecule is O=C(Nc1cncc(-c2ccc3[nH]nc(-c4nc5nccc(-c6cc(F)cc(OCCN7CCCC7)c6)c5[nH]4)c3n2)c1)C1CCC1. The van der Waals surface area contributed by atoms with Crippen LogP contribution in [0.2, 0.25) is 0 Å². The van der Waals surface area contributed by atoms with Crippen molar-refractivity contribution in [1.29, 1.82) is 0 Å². The van der Waals surface area contributed by atoms with Crippen molar-refractivity contribution in [3.8, 4) is 39.7 Å². The zero-order valence-corrected chi connectivity index (χ0v) is 25.1. The van der Waals surface area contributed by atoms with Crippen molar-refractivity contribution in [3.05, 3.63) is 66.9 Å². The minimum atomic E-state index is -0.380. The molecule has 2 aliphatic rings. The number of ether oxygens (including phenoxy) is 1. The van der Waals surface area contributed by atoms with Gasteiger partial charge in [0, 0.05) is 42.0 Å². The third kappa shape index (κ3) is 5.56. The molecule has 2 fully saturated rings. The van der Waals surface area contributed by atoms with Crippen LogP contribution in [-0.2, 0) is 4.79 Å². The molecule has 46 heavy (non-hydrogen) atoms. The van der Waals surface area contributed by atoms with Crippen molar-refractivity contribution in [2.24, 2.45) is 5.92 Å². The summed E-state index contributed by atoms with van der Waals surface area (Å²) in [6, 6.07) is 12.2. The van der Waals surface area contributed by atoms with Gasteiger partial charge in [-0.15, -0.1) is 0 Å². The molecule has 6 aromatic rings. The van der Waals surface area contributed by atoms with Crippen molar-refractivity contribution >= 4 is 33.8 Å². The maximum absolute atomic E-state index is 14.8. The predicted molar refractivity (Wildman–Crippen MR) is 173 cm³/mol. The summed E-state index contributed by atoms with van der Waals surface area (Å²) >= 11 is 0. The lowest BCUT2D eigenvalue weighted by molar-refractivity contribution is -0.122. The van der Waals surface area contributed by atoms with Gasteiger partial charge in [-0.1, -0.05) is 6.42 Å². The number of imidazole rings is 1. The second-order valence-electron chi connectivity index (χ2n) is 12.0. The standard InChI is InChI=1S/C34H32FN9O2/c35-23-14-21(16-25(17-23)46-13-12-44-10-1-2-11-44)26-8-9-37-32-29(26)40-33(41-32)31-30-28(42-43-31)7-6-27(39-30)22-15-24(19-36-18-22)38-34(45)20-4-3-5-20/h6-9,14-20H,1-5,10-13H2,(H,38,45)(H,42,43)(H,37,40,41). The third-order valence-corrected chi connectivity index (χ3v) is 8.86. The first-order valence-electron chi connectivity index (χ1n) is 15.7. The Morgan fingerprint density at radius 3 is 2.76 bits per heavy atom. The summed E-state index contributed by atoms with van der Waals surface area (Å²) in [5.74, 6) is 0.683. The average molecular weight is 618 g/mol. The molecule has 12 heteroatoms. The summed E-state index contributed by atoms with van der Waals surface area (Å²) in [6.07, 6.45) is 10.4. The molecule has 1 aliphatic heterocycles. The number of aromatic nitrogens is 7. The van der Waals surface area contributed by atoms with Crippen LogP contribution >= 0.6 is 0 Å². The quantitative estimate of drug-likeness (QED) is 0.180. The van der Waals surface area contributed by atoms with Gasteiger partial charge in [0.2, 0.25) is 5.91 Å². The van der Waals surface area contributed by atoms with E-state index in [0.29, 0.717) is 57.5 Å². The smallest absolute Gasteiger partial charge is 0.227 e. The molecule has 0 atom stereocenters. The topological polar surface area (TPSA) is 138 Å². The number of H-pyrrole nitrogens is 2. The number of pyridine rings is 3. The fraction of sp³-hybridized carbons (Fsp3) is 0.294. The number of amides is 1. The van der Waals surface area contributed by atoms with Crippen LogP contribution in [0, 0.1) is 11.7 Å². The van der Waals surface area contributed by atoms with Gasteiger partial charge in [0.05, 0.1) is 28.6 Å². The summed E-state index contributed by atoms with van der Waals surface area (Å²) in [5, 5.41) is 10.5. The van der Waals surface area contributed by atoms with Crippen molar-refractivity contribution in [1.82, 2.24) is 40.0 Å². The van der Waals surface area contributed by atoms with Gasteiger partial charge >= 0.3 is 0 Å². The number of nitrogens with one attached hydrogen (secondary N) is 3. The number of fused-ring (bicyclic) bond motifs is 2. The fourth-order valence-electron chi connectivity index (χ4n) is 6.15. The van der Waals surface area contributed by atoms with E-state index in [9.17, 15) is 9.18 Å². The van der Waals surface area contributed by atoms with Crippen LogP contribution in [0.4, 0.5) is 10.1 Å². The third-order valence-electron chi connectivity index (χ3n) is 8.86. The van der Waals surface area contributed by atoms with Gasteiger partial charge in [-0.05, 0) is 80.7 Å². The molecule has 6 heterocycles. The Morgan fingerprint density at radius 2 is 1.91 bits per heavy atom. The van der Waals surface area contributed by atoms with Crippen LogP contribution in [0.5, 0.6) is 5.75 Å². The van der Waals surface area contributed by atoms with Crippen LogP contribution in [0.25, 0.3) is 56.1 Å². The molecule has 1 saturated heterocycles. The molecule has 1 amide bonds. The Bertz CT molecular complexity index is 2060. The van der Waals surface area contributed by atoms with Gasteiger partial charge in [0.1, 0.15) is 23.7 Å². The van der Waals surface area contributed by atoms with Crippen LogP contribution in [0.1, 0.15) is 32.1 Å². The van der Waals surface area contributed by atoms with Gasteiger partial charge in [0.25, 0.3) is 0 Å². The molecular weight excluding hydrogens is 585 g/mol. The number of likely N-dealkylation sites (tertiary alicyclic amines) is 1. The molecule has 0 radical (unpaired) electrons. The van der Waals surface area contributed by atoms with Crippen molar-refractivity contribution in [3.63, 3.8) is 0 Å². The number of anilines is 1. The number of benzene rings is 1. The summed E-state index contributed by atoms with van der Waals surface area (Å²) in [4.78, 5) is 36.6. The number of aromatic amines is 2. The number of halogens is 1. The molecular formula is C34H32FN9O2. The second-order valence-corrected chi connectivity index (χ2v) is 12.0. The Hall–Kier alpha value is -5.23. The van der Waals surface area contributed by atoms with E-state index in [2.05, 4.69) is 35.4 Å². The summed E-state index contributed by atoms with van der Waals surface area (Å²) < 4.78 is 20.7. The molecule has 0 bridgehead atoms. The molecule has 0 unspecified atom stereocenters. The van der Waals surface area contributed by atoms with E-state index in [1.165, 1.54) is 25.0 Å². The highest BCUT2D eigenvalue weighted by Gasteiger charge is 2.25. The zero-order valence-electron chi connectivity index (χ0n) is 25.1. The zero-order chi connectivity index (χ0) is 31.0. The first-order valence-corrected chi connectivity index (χ1v) is 15.7. The van der Waals surface area contributed by atoms with Crippen molar-refractivity contribution < 1.29 is 13.9 Å². The molecule has 8 rings (SSSR count). The van der Waals surface area contributed by atoms with Gasteiger partial charge in [-0.2, -0.15) is 5.10 Å². The van der Waals surface area contributed by atoms with Crippen LogP contribution in [0.15, 0.2) is 61.1 Å². The van der Waals surface area contributed by atoms with Gasteiger partial charge in [-0.3, -0.25) is 19.8 Å². The lowest BCUT2D eigenvalue weighted by atomic mass is 9.85. The number of nitrogens with zero attached hydrogens (tertiary/aromatic N) is 6. The van der Waals surface area contributed by atoms with E-state index in [4.69, 9.17) is 14.7 Å². The van der Waals surface area contributed by atoms with E-state index in [-0.39, 0.29) is 17.6 Å². The van der Waals surface area contributed by atoms with Gasteiger partial charge in [-0.25, -0.2) is 19.3 Å². The number of rotatable bonds is 9. The molecule has 0 spiro atoms. The molecule has 232 valence electrons. The minimum Gasteiger partial charge on any atom is -0.492 e. The van der Waals surface area contributed by atoms with Crippen LogP contribution in [-0.4, -0.2) is 72.2 Å². The second kappa shape index (κ2) is 11.9. The largest absolute Gasteiger partial charge is 0.492 e.